The largest absolute Gasteiger partial charge is 0.318 e. The van der Waals surface area contributed by atoms with Crippen molar-refractivity contribution in [3.63, 3.8) is 0 Å². The molecule has 1 N–H and O–H groups in total. The van der Waals surface area contributed by atoms with Crippen LogP contribution >= 0.6 is 0 Å². The van der Waals surface area contributed by atoms with E-state index in [1.165, 1.54) is 6.42 Å². The molecular formula is C10H20N4. The minimum absolute atomic E-state index is 0.436. The van der Waals surface area contributed by atoms with E-state index >= 15 is 0 Å². The van der Waals surface area contributed by atoms with Gasteiger partial charge in [0.1, 0.15) is 11.6 Å². The predicted molar refractivity (Wildman–Crippen MR) is 57.4 cm³/mol. The first-order chi connectivity index (χ1) is 6.69. The fraction of sp³-hybridized carbons (Fsp3) is 0.800. The van der Waals surface area contributed by atoms with Gasteiger partial charge in [0.25, 0.3) is 0 Å². The molecule has 1 heterocycles. The molecule has 1 atom stereocenters. The van der Waals surface area contributed by atoms with Crippen molar-refractivity contribution in [3.8, 4) is 0 Å². The van der Waals surface area contributed by atoms with Crippen LogP contribution in [0.1, 0.15) is 37.5 Å². The van der Waals surface area contributed by atoms with E-state index in [-0.39, 0.29) is 0 Å². The van der Waals surface area contributed by atoms with E-state index in [0.717, 1.165) is 24.6 Å². The second-order valence-electron chi connectivity index (χ2n) is 3.65. The lowest BCUT2D eigenvalue weighted by Gasteiger charge is -2.16. The Bertz CT molecular complexity index is 274. The summed E-state index contributed by atoms with van der Waals surface area (Å²) in [7, 11) is 1.97. The molecule has 1 rings (SSSR count). The molecule has 0 fully saturated rings. The minimum atomic E-state index is 0.436. The zero-order chi connectivity index (χ0) is 10.6. The number of nitrogens with zero attached hydrogens (tertiary/aromatic N) is 3. The van der Waals surface area contributed by atoms with Crippen LogP contribution in [-0.4, -0.2) is 28.4 Å². The number of hydrogen-bond donors (Lipinski definition) is 1. The van der Waals surface area contributed by atoms with Crippen molar-refractivity contribution in [2.45, 2.75) is 39.7 Å². The highest BCUT2D eigenvalue weighted by molar-refractivity contribution is 4.90. The minimum Gasteiger partial charge on any atom is -0.318 e. The first-order valence-electron chi connectivity index (χ1n) is 5.23. The second kappa shape index (κ2) is 5.10. The van der Waals surface area contributed by atoms with Gasteiger partial charge in [-0.3, -0.25) is 0 Å². The molecule has 0 aromatic carbocycles. The molecule has 14 heavy (non-hydrogen) atoms. The molecular weight excluding hydrogens is 176 g/mol. The number of nitrogens with one attached hydrogen (secondary N) is 1. The molecule has 0 spiro atoms. The topological polar surface area (TPSA) is 42.7 Å². The van der Waals surface area contributed by atoms with Crippen molar-refractivity contribution in [1.29, 1.82) is 0 Å². The molecule has 1 unspecified atom stereocenters. The van der Waals surface area contributed by atoms with Crippen LogP contribution in [0.2, 0.25) is 0 Å². The maximum absolute atomic E-state index is 4.41. The number of hydrogen-bond acceptors (Lipinski definition) is 3. The molecule has 1 aromatic heterocycles. The van der Waals surface area contributed by atoms with Crippen LogP contribution in [0.4, 0.5) is 0 Å². The molecule has 0 bridgehead atoms. The van der Waals surface area contributed by atoms with Crippen molar-refractivity contribution < 1.29 is 0 Å². The number of aromatic nitrogens is 3. The average Bonchev–Trinajstić information content (AvgIpc) is 2.45. The van der Waals surface area contributed by atoms with Crippen LogP contribution < -0.4 is 5.32 Å². The Morgan fingerprint density at radius 1 is 1.43 bits per heavy atom. The summed E-state index contributed by atoms with van der Waals surface area (Å²) >= 11 is 0. The van der Waals surface area contributed by atoms with Crippen molar-refractivity contribution in [3.05, 3.63) is 11.6 Å². The number of rotatable bonds is 5. The monoisotopic (exact) mass is 196 g/mol. The van der Waals surface area contributed by atoms with E-state index < -0.39 is 0 Å². The number of aryl methyl sites for hydroxylation is 2. The fourth-order valence-electron chi connectivity index (χ4n) is 1.76. The van der Waals surface area contributed by atoms with Gasteiger partial charge in [-0.1, -0.05) is 13.3 Å². The van der Waals surface area contributed by atoms with Crippen molar-refractivity contribution in [2.75, 3.05) is 13.6 Å². The van der Waals surface area contributed by atoms with Crippen LogP contribution in [-0.2, 0) is 0 Å². The third-order valence-electron chi connectivity index (χ3n) is 2.32. The van der Waals surface area contributed by atoms with Crippen molar-refractivity contribution in [2.24, 2.45) is 0 Å². The van der Waals surface area contributed by atoms with Gasteiger partial charge in [-0.05, 0) is 27.3 Å². The molecule has 4 heteroatoms. The summed E-state index contributed by atoms with van der Waals surface area (Å²) in [6.45, 7) is 7.10. The Balaban J connectivity index is 2.80. The summed E-state index contributed by atoms with van der Waals surface area (Å²) in [4.78, 5) is 4.32. The van der Waals surface area contributed by atoms with Gasteiger partial charge in [0.2, 0.25) is 0 Å². The Morgan fingerprint density at radius 3 is 2.57 bits per heavy atom. The smallest absolute Gasteiger partial charge is 0.147 e. The Hall–Kier alpha value is -0.900. The predicted octanol–water partition coefficient (Wildman–Crippen LogP) is 1.46. The highest BCUT2D eigenvalue weighted by Gasteiger charge is 2.13. The van der Waals surface area contributed by atoms with Gasteiger partial charge in [0.05, 0.1) is 6.04 Å². The SMILES string of the molecule is CCCC(CNC)n1nc(C)nc1C. The van der Waals surface area contributed by atoms with Crippen LogP contribution in [0.5, 0.6) is 0 Å². The molecule has 0 aliphatic heterocycles. The molecule has 0 saturated carbocycles. The van der Waals surface area contributed by atoms with Gasteiger partial charge in [-0.15, -0.1) is 0 Å². The van der Waals surface area contributed by atoms with E-state index in [1.807, 2.05) is 25.6 Å². The fourth-order valence-corrected chi connectivity index (χ4v) is 1.76. The van der Waals surface area contributed by atoms with Crippen LogP contribution in [0.15, 0.2) is 0 Å². The highest BCUT2D eigenvalue weighted by Crippen LogP contribution is 2.13. The van der Waals surface area contributed by atoms with Crippen LogP contribution in [0.3, 0.4) is 0 Å². The quantitative estimate of drug-likeness (QED) is 0.775. The zero-order valence-electron chi connectivity index (χ0n) is 9.54. The maximum Gasteiger partial charge on any atom is 0.147 e. The maximum atomic E-state index is 4.41. The first-order valence-corrected chi connectivity index (χ1v) is 5.23. The highest BCUT2D eigenvalue weighted by atomic mass is 15.4. The molecule has 0 radical (unpaired) electrons. The average molecular weight is 196 g/mol. The van der Waals surface area contributed by atoms with Gasteiger partial charge < -0.3 is 5.32 Å². The van der Waals surface area contributed by atoms with E-state index in [2.05, 4.69) is 22.3 Å². The third-order valence-corrected chi connectivity index (χ3v) is 2.32. The molecule has 0 saturated heterocycles. The Labute approximate surface area is 85.7 Å². The normalized spacial score (nSPS) is 13.1. The zero-order valence-corrected chi connectivity index (χ0v) is 9.54. The summed E-state index contributed by atoms with van der Waals surface area (Å²) in [5.41, 5.74) is 0. The van der Waals surface area contributed by atoms with Gasteiger partial charge in [-0.25, -0.2) is 9.67 Å². The molecule has 0 aliphatic carbocycles. The summed E-state index contributed by atoms with van der Waals surface area (Å²) < 4.78 is 2.04. The molecule has 4 nitrogen and oxygen atoms in total. The van der Waals surface area contributed by atoms with E-state index in [1.54, 1.807) is 0 Å². The van der Waals surface area contributed by atoms with E-state index in [4.69, 9.17) is 0 Å². The van der Waals surface area contributed by atoms with Gasteiger partial charge in [0, 0.05) is 6.54 Å². The van der Waals surface area contributed by atoms with Crippen molar-refractivity contribution >= 4 is 0 Å². The van der Waals surface area contributed by atoms with E-state index in [0.29, 0.717) is 6.04 Å². The van der Waals surface area contributed by atoms with Crippen molar-refractivity contribution in [1.82, 2.24) is 20.1 Å². The first kappa shape index (κ1) is 11.2. The standard InChI is InChI=1S/C10H20N4/c1-5-6-10(7-11-4)14-9(3)12-8(2)13-14/h10-11H,5-7H2,1-4H3. The summed E-state index contributed by atoms with van der Waals surface area (Å²) in [6.07, 6.45) is 2.31. The third kappa shape index (κ3) is 2.54. The number of likely N-dealkylation sites (N-methyl/N-ethyl adjacent to an activating group) is 1. The Morgan fingerprint density at radius 2 is 2.14 bits per heavy atom. The summed E-state index contributed by atoms with van der Waals surface area (Å²) in [5, 5.41) is 7.61. The summed E-state index contributed by atoms with van der Waals surface area (Å²) in [6, 6.07) is 0.436. The molecule has 1 aromatic rings. The lowest BCUT2D eigenvalue weighted by Crippen LogP contribution is -2.24. The van der Waals surface area contributed by atoms with E-state index in [9.17, 15) is 0 Å². The summed E-state index contributed by atoms with van der Waals surface area (Å²) in [5.74, 6) is 1.87. The lowest BCUT2D eigenvalue weighted by molar-refractivity contribution is 0.397. The van der Waals surface area contributed by atoms with Gasteiger partial charge >= 0.3 is 0 Å². The molecule has 0 aliphatic rings. The van der Waals surface area contributed by atoms with Gasteiger partial charge in [0.15, 0.2) is 0 Å². The second-order valence-corrected chi connectivity index (χ2v) is 3.65. The molecule has 80 valence electrons. The molecule has 0 amide bonds. The lowest BCUT2D eigenvalue weighted by atomic mass is 10.1. The van der Waals surface area contributed by atoms with Gasteiger partial charge in [-0.2, -0.15) is 5.10 Å². The Kier molecular flexibility index (Phi) is 4.07. The van der Waals surface area contributed by atoms with Crippen LogP contribution in [0, 0.1) is 13.8 Å². The van der Waals surface area contributed by atoms with Crippen LogP contribution in [0.25, 0.3) is 0 Å².